The van der Waals surface area contributed by atoms with Crippen LogP contribution in [0.4, 0.5) is 0 Å². The van der Waals surface area contributed by atoms with E-state index in [-0.39, 0.29) is 6.10 Å². The van der Waals surface area contributed by atoms with E-state index in [1.165, 1.54) is 16.7 Å². The van der Waals surface area contributed by atoms with Gasteiger partial charge in [-0.1, -0.05) is 64.5 Å². The van der Waals surface area contributed by atoms with Crippen LogP contribution in [0.3, 0.4) is 0 Å². The molecule has 0 bridgehead atoms. The van der Waals surface area contributed by atoms with Gasteiger partial charge in [0.05, 0.1) is 0 Å². The number of ether oxygens (including phenoxy) is 1. The number of hydrogen-bond donors (Lipinski definition) is 0. The van der Waals surface area contributed by atoms with Crippen LogP contribution < -0.4 is 4.74 Å². The van der Waals surface area contributed by atoms with E-state index in [4.69, 9.17) is 4.74 Å². The first-order chi connectivity index (χ1) is 9.83. The molecule has 98 valence electrons. The Hall–Kier alpha value is -1.80. The average molecular weight is 325 g/mol. The Morgan fingerprint density at radius 3 is 2.65 bits per heavy atom. The van der Waals surface area contributed by atoms with Gasteiger partial charge in [-0.3, -0.25) is 0 Å². The summed E-state index contributed by atoms with van der Waals surface area (Å²) in [5.74, 6) is 1.36. The summed E-state index contributed by atoms with van der Waals surface area (Å²) in [6.07, 6.45) is 6.79. The van der Waals surface area contributed by atoms with Crippen molar-refractivity contribution >= 4 is 21.5 Å². The lowest BCUT2D eigenvalue weighted by atomic mass is 9.88. The summed E-state index contributed by atoms with van der Waals surface area (Å²) in [6.45, 7) is 0. The van der Waals surface area contributed by atoms with E-state index in [0.29, 0.717) is 5.92 Å². The molecule has 0 spiro atoms. The summed E-state index contributed by atoms with van der Waals surface area (Å²) in [4.78, 5) is 0. The van der Waals surface area contributed by atoms with Gasteiger partial charge in [0.15, 0.2) is 0 Å². The van der Waals surface area contributed by atoms with Gasteiger partial charge in [-0.05, 0) is 29.3 Å². The van der Waals surface area contributed by atoms with Crippen LogP contribution in [0.25, 0.3) is 5.57 Å². The zero-order valence-corrected chi connectivity index (χ0v) is 12.4. The van der Waals surface area contributed by atoms with Crippen molar-refractivity contribution in [2.75, 3.05) is 0 Å². The molecule has 0 saturated heterocycles. The van der Waals surface area contributed by atoms with E-state index < -0.39 is 0 Å². The summed E-state index contributed by atoms with van der Waals surface area (Å²) in [5.41, 5.74) is 3.71. The predicted molar refractivity (Wildman–Crippen MR) is 84.9 cm³/mol. The Balaban J connectivity index is 1.73. The lowest BCUT2D eigenvalue weighted by molar-refractivity contribution is 0.269. The monoisotopic (exact) mass is 324 g/mol. The fourth-order valence-electron chi connectivity index (χ4n) is 2.93. The smallest absolute Gasteiger partial charge is 0.128 e. The highest BCUT2D eigenvalue weighted by Crippen LogP contribution is 2.43. The van der Waals surface area contributed by atoms with Gasteiger partial charge in [-0.2, -0.15) is 0 Å². The first-order valence-electron chi connectivity index (χ1n) is 6.73. The fraction of sp³-hybridized carbons (Fsp3) is 0.111. The van der Waals surface area contributed by atoms with E-state index in [2.05, 4.69) is 64.5 Å². The van der Waals surface area contributed by atoms with Gasteiger partial charge in [-0.25, -0.2) is 0 Å². The molecule has 2 atom stereocenters. The molecule has 2 unspecified atom stereocenters. The Morgan fingerprint density at radius 2 is 1.75 bits per heavy atom. The number of allylic oxidation sites excluding steroid dienone is 2. The zero-order valence-electron chi connectivity index (χ0n) is 10.8. The van der Waals surface area contributed by atoms with E-state index >= 15 is 0 Å². The largest absolute Gasteiger partial charge is 0.485 e. The van der Waals surface area contributed by atoms with Crippen molar-refractivity contribution in [2.45, 2.75) is 12.0 Å². The van der Waals surface area contributed by atoms with E-state index in [1.807, 2.05) is 18.2 Å². The second-order valence-corrected chi connectivity index (χ2v) is 5.96. The van der Waals surface area contributed by atoms with Crippen molar-refractivity contribution in [1.82, 2.24) is 0 Å². The second kappa shape index (κ2) is 4.64. The average Bonchev–Trinajstić information content (AvgIpc) is 2.85. The Labute approximate surface area is 126 Å². The summed E-state index contributed by atoms with van der Waals surface area (Å²) in [6, 6.07) is 16.6. The molecular formula is C18H13BrO. The molecule has 2 aromatic carbocycles. The lowest BCUT2D eigenvalue weighted by Gasteiger charge is -2.19. The summed E-state index contributed by atoms with van der Waals surface area (Å²) in [7, 11) is 0. The first kappa shape index (κ1) is 12.0. The zero-order chi connectivity index (χ0) is 13.5. The third-order valence-electron chi connectivity index (χ3n) is 3.91. The van der Waals surface area contributed by atoms with Crippen molar-refractivity contribution in [3.05, 3.63) is 82.4 Å². The van der Waals surface area contributed by atoms with Crippen LogP contribution in [0.15, 0.2) is 71.2 Å². The molecule has 0 aromatic heterocycles. The van der Waals surface area contributed by atoms with Gasteiger partial charge in [0.1, 0.15) is 11.9 Å². The number of hydrogen-bond acceptors (Lipinski definition) is 1. The number of halogens is 1. The third kappa shape index (κ3) is 1.83. The predicted octanol–water partition coefficient (Wildman–Crippen LogP) is 4.95. The highest BCUT2D eigenvalue weighted by Gasteiger charge is 2.33. The molecule has 0 amide bonds. The molecule has 2 aliphatic rings. The number of rotatable bonds is 1. The summed E-state index contributed by atoms with van der Waals surface area (Å²) in [5, 5.41) is 0. The molecular weight excluding hydrogens is 312 g/mol. The number of fused-ring (bicyclic) bond motifs is 3. The maximum atomic E-state index is 6.06. The quantitative estimate of drug-likeness (QED) is 0.721. The van der Waals surface area contributed by atoms with Crippen LogP contribution in [0.1, 0.15) is 17.0 Å². The van der Waals surface area contributed by atoms with Crippen LogP contribution in [-0.4, -0.2) is 6.10 Å². The molecule has 2 aromatic rings. The summed E-state index contributed by atoms with van der Waals surface area (Å²) < 4.78 is 7.18. The van der Waals surface area contributed by atoms with Crippen LogP contribution in [0.5, 0.6) is 5.75 Å². The molecule has 0 N–H and O–H groups in total. The van der Waals surface area contributed by atoms with Gasteiger partial charge < -0.3 is 4.74 Å². The van der Waals surface area contributed by atoms with Crippen LogP contribution >= 0.6 is 15.9 Å². The van der Waals surface area contributed by atoms with Crippen LogP contribution in [0, 0.1) is 0 Å². The standard InChI is InChI=1S/C18H13BrO/c19-16-7-3-1-5-13(16)12-9-10-15-14-6-2-4-8-17(14)20-18(15)11-12/h1-11,15,18H. The first-order valence-corrected chi connectivity index (χ1v) is 7.53. The number of benzene rings is 2. The second-order valence-electron chi connectivity index (χ2n) is 5.11. The molecule has 2 heteroatoms. The van der Waals surface area contributed by atoms with Gasteiger partial charge in [0.25, 0.3) is 0 Å². The molecule has 1 aliphatic carbocycles. The van der Waals surface area contributed by atoms with Crippen molar-refractivity contribution in [2.24, 2.45) is 0 Å². The maximum absolute atomic E-state index is 6.06. The van der Waals surface area contributed by atoms with E-state index in [9.17, 15) is 0 Å². The van der Waals surface area contributed by atoms with Gasteiger partial charge in [-0.15, -0.1) is 0 Å². The van der Waals surface area contributed by atoms with E-state index in [1.54, 1.807) is 0 Å². The maximum Gasteiger partial charge on any atom is 0.128 e. The molecule has 1 nitrogen and oxygen atoms in total. The highest BCUT2D eigenvalue weighted by atomic mass is 79.9. The van der Waals surface area contributed by atoms with Crippen molar-refractivity contribution in [3.8, 4) is 5.75 Å². The van der Waals surface area contributed by atoms with Crippen molar-refractivity contribution < 1.29 is 4.74 Å². The fourth-order valence-corrected chi connectivity index (χ4v) is 3.44. The molecule has 1 aliphatic heterocycles. The Bertz CT molecular complexity index is 730. The van der Waals surface area contributed by atoms with Gasteiger partial charge >= 0.3 is 0 Å². The lowest BCUT2D eigenvalue weighted by Crippen LogP contribution is -2.17. The molecule has 0 radical (unpaired) electrons. The van der Waals surface area contributed by atoms with Gasteiger partial charge in [0.2, 0.25) is 0 Å². The van der Waals surface area contributed by atoms with Crippen molar-refractivity contribution in [3.63, 3.8) is 0 Å². The molecule has 0 saturated carbocycles. The SMILES string of the molecule is Brc1ccccc1C1=CC2Oc3ccccc3C2C=C1. The molecule has 20 heavy (non-hydrogen) atoms. The minimum absolute atomic E-state index is 0.111. The van der Waals surface area contributed by atoms with E-state index in [0.717, 1.165) is 10.2 Å². The van der Waals surface area contributed by atoms with Crippen LogP contribution in [0.2, 0.25) is 0 Å². The summed E-state index contributed by atoms with van der Waals surface area (Å²) >= 11 is 3.62. The Kier molecular flexibility index (Phi) is 2.78. The Morgan fingerprint density at radius 1 is 0.950 bits per heavy atom. The minimum atomic E-state index is 0.111. The third-order valence-corrected chi connectivity index (χ3v) is 4.60. The van der Waals surface area contributed by atoms with Gasteiger partial charge in [0, 0.05) is 16.0 Å². The van der Waals surface area contributed by atoms with Crippen LogP contribution in [-0.2, 0) is 0 Å². The minimum Gasteiger partial charge on any atom is -0.485 e. The normalized spacial score (nSPS) is 22.8. The highest BCUT2D eigenvalue weighted by molar-refractivity contribution is 9.10. The molecule has 4 rings (SSSR count). The molecule has 0 fully saturated rings. The number of para-hydroxylation sites is 1. The topological polar surface area (TPSA) is 9.23 Å². The molecule has 1 heterocycles. The van der Waals surface area contributed by atoms with Crippen molar-refractivity contribution in [1.29, 1.82) is 0 Å².